The molecular weight excluding hydrogens is 238 g/mol. The van der Waals surface area contributed by atoms with E-state index in [0.29, 0.717) is 12.5 Å². The predicted octanol–water partition coefficient (Wildman–Crippen LogP) is 2.06. The number of amidine groups is 1. The molecule has 0 aromatic heterocycles. The minimum absolute atomic E-state index is 0.540. The number of hydrazone groups is 1. The topological polar surface area (TPSA) is 46.0 Å². The molecule has 0 aromatic rings. The van der Waals surface area contributed by atoms with Gasteiger partial charge in [-0.1, -0.05) is 12.8 Å². The molecule has 3 saturated carbocycles. The second-order valence-corrected chi connectivity index (χ2v) is 6.67. The summed E-state index contributed by atoms with van der Waals surface area (Å²) in [5, 5.41) is 4.60. The maximum atomic E-state index is 5.09. The highest BCUT2D eigenvalue weighted by Crippen LogP contribution is 2.62. The molecule has 3 fully saturated rings. The van der Waals surface area contributed by atoms with E-state index in [2.05, 4.69) is 15.5 Å². The zero-order valence-electron chi connectivity index (χ0n) is 11.6. The molecule has 4 rings (SSSR count). The summed E-state index contributed by atoms with van der Waals surface area (Å²) in [6, 6.07) is 0. The summed E-state index contributed by atoms with van der Waals surface area (Å²) in [6.45, 7) is 1.33. The number of ether oxygens (including phenoxy) is 1. The largest absolute Gasteiger partial charge is 0.377 e. The molecule has 0 bridgehead atoms. The Morgan fingerprint density at radius 2 is 2.16 bits per heavy atom. The third kappa shape index (κ3) is 2.00. The molecule has 3 aliphatic carbocycles. The summed E-state index contributed by atoms with van der Waals surface area (Å²) < 4.78 is 5.09. The summed E-state index contributed by atoms with van der Waals surface area (Å²) in [5.41, 5.74) is 4.38. The zero-order chi connectivity index (χ0) is 12.8. The first-order valence-corrected chi connectivity index (χ1v) is 7.71. The number of rotatable bonds is 3. The van der Waals surface area contributed by atoms with Crippen molar-refractivity contribution in [2.45, 2.75) is 32.1 Å². The average molecular weight is 261 g/mol. The second-order valence-electron chi connectivity index (χ2n) is 6.67. The van der Waals surface area contributed by atoms with Crippen LogP contribution < -0.4 is 5.43 Å². The zero-order valence-corrected chi connectivity index (χ0v) is 11.6. The predicted molar refractivity (Wildman–Crippen MR) is 75.3 cm³/mol. The van der Waals surface area contributed by atoms with Crippen LogP contribution in [0.1, 0.15) is 32.1 Å². The van der Waals surface area contributed by atoms with Gasteiger partial charge >= 0.3 is 0 Å². The van der Waals surface area contributed by atoms with E-state index in [1.54, 1.807) is 7.11 Å². The molecule has 104 valence electrons. The molecule has 4 aliphatic rings. The van der Waals surface area contributed by atoms with Crippen molar-refractivity contribution < 1.29 is 4.74 Å². The van der Waals surface area contributed by atoms with Crippen molar-refractivity contribution in [3.05, 3.63) is 0 Å². The third-order valence-electron chi connectivity index (χ3n) is 5.70. The molecule has 1 N–H and O–H groups in total. The van der Waals surface area contributed by atoms with Crippen LogP contribution in [0, 0.1) is 29.6 Å². The van der Waals surface area contributed by atoms with E-state index in [0.717, 1.165) is 36.1 Å². The Balaban J connectivity index is 1.44. The van der Waals surface area contributed by atoms with Gasteiger partial charge in [0.2, 0.25) is 0 Å². The number of aliphatic imine (C=N–C) groups is 1. The fraction of sp³-hybridized carbons (Fsp3) is 0.867. The van der Waals surface area contributed by atoms with Crippen molar-refractivity contribution in [3.8, 4) is 0 Å². The van der Waals surface area contributed by atoms with E-state index in [1.807, 2.05) is 0 Å². The molecule has 0 saturated heterocycles. The molecule has 5 atom stereocenters. The average Bonchev–Trinajstić information content (AvgIpc) is 3.10. The van der Waals surface area contributed by atoms with Crippen LogP contribution in [0.3, 0.4) is 0 Å². The monoisotopic (exact) mass is 261 g/mol. The lowest BCUT2D eigenvalue weighted by atomic mass is 9.74. The second kappa shape index (κ2) is 4.58. The van der Waals surface area contributed by atoms with Gasteiger partial charge in [-0.05, 0) is 42.9 Å². The fourth-order valence-electron chi connectivity index (χ4n) is 4.79. The quantitative estimate of drug-likeness (QED) is 0.845. The molecule has 19 heavy (non-hydrogen) atoms. The van der Waals surface area contributed by atoms with E-state index < -0.39 is 0 Å². The van der Waals surface area contributed by atoms with Crippen LogP contribution in [0.4, 0.5) is 0 Å². The highest BCUT2D eigenvalue weighted by atomic mass is 16.5. The molecule has 4 nitrogen and oxygen atoms in total. The van der Waals surface area contributed by atoms with Crippen LogP contribution in [0.5, 0.6) is 0 Å². The number of hydrogen-bond donors (Lipinski definition) is 1. The summed E-state index contributed by atoms with van der Waals surface area (Å²) in [7, 11) is 1.69. The summed E-state index contributed by atoms with van der Waals surface area (Å²) in [6.07, 6.45) is 7.26. The minimum atomic E-state index is 0.540. The van der Waals surface area contributed by atoms with E-state index in [1.165, 1.54) is 37.8 Å². The molecule has 1 heterocycles. The van der Waals surface area contributed by atoms with E-state index >= 15 is 0 Å². The van der Waals surface area contributed by atoms with Crippen molar-refractivity contribution in [3.63, 3.8) is 0 Å². The lowest BCUT2D eigenvalue weighted by Gasteiger charge is -2.32. The van der Waals surface area contributed by atoms with Gasteiger partial charge in [0.25, 0.3) is 0 Å². The molecule has 0 radical (unpaired) electrons. The molecule has 0 amide bonds. The van der Waals surface area contributed by atoms with E-state index in [9.17, 15) is 0 Å². The highest BCUT2D eigenvalue weighted by Gasteiger charge is 2.56. The van der Waals surface area contributed by atoms with Crippen molar-refractivity contribution >= 4 is 11.5 Å². The Kier molecular flexibility index (Phi) is 2.87. The minimum Gasteiger partial charge on any atom is -0.377 e. The van der Waals surface area contributed by atoms with Gasteiger partial charge in [0.05, 0.1) is 12.3 Å². The van der Waals surface area contributed by atoms with Crippen LogP contribution in [0.15, 0.2) is 10.1 Å². The van der Waals surface area contributed by atoms with Gasteiger partial charge in [-0.3, -0.25) is 10.4 Å². The van der Waals surface area contributed by atoms with Crippen molar-refractivity contribution in [1.82, 2.24) is 5.43 Å². The Hall–Kier alpha value is -0.900. The van der Waals surface area contributed by atoms with E-state index in [-0.39, 0.29) is 0 Å². The van der Waals surface area contributed by atoms with Gasteiger partial charge in [0.15, 0.2) is 0 Å². The van der Waals surface area contributed by atoms with Crippen LogP contribution in [-0.2, 0) is 4.74 Å². The standard InChI is InChI=1S/C15H23N3O/c1-19-8-15-16-7-14(17-18-15)13-5-9-3-2-4-10(9)11-6-12(11)13/h9-13H,2-8H2,1H3,(H,16,18). The first kappa shape index (κ1) is 11.9. The van der Waals surface area contributed by atoms with Crippen molar-refractivity contribution in [1.29, 1.82) is 0 Å². The van der Waals surface area contributed by atoms with E-state index in [4.69, 9.17) is 4.74 Å². The number of methoxy groups -OCH3 is 1. The number of fused-ring (bicyclic) bond motifs is 3. The fourth-order valence-corrected chi connectivity index (χ4v) is 4.79. The van der Waals surface area contributed by atoms with Crippen LogP contribution >= 0.6 is 0 Å². The third-order valence-corrected chi connectivity index (χ3v) is 5.70. The van der Waals surface area contributed by atoms with Gasteiger partial charge in [-0.25, -0.2) is 0 Å². The Morgan fingerprint density at radius 1 is 1.21 bits per heavy atom. The summed E-state index contributed by atoms with van der Waals surface area (Å²) in [4.78, 5) is 4.56. The number of nitrogens with one attached hydrogen (secondary N) is 1. The molecular formula is C15H23N3O. The SMILES string of the molecule is COCC1=NCC(C2CC3CCCC3C3CC23)=NN1. The van der Waals surface area contributed by atoms with Gasteiger partial charge in [0.1, 0.15) is 12.4 Å². The molecule has 0 spiro atoms. The number of nitrogens with zero attached hydrogens (tertiary/aromatic N) is 2. The van der Waals surface area contributed by atoms with Crippen LogP contribution in [0.25, 0.3) is 0 Å². The molecule has 1 aliphatic heterocycles. The van der Waals surface area contributed by atoms with Gasteiger partial charge < -0.3 is 4.74 Å². The summed E-state index contributed by atoms with van der Waals surface area (Å²) >= 11 is 0. The van der Waals surface area contributed by atoms with Crippen LogP contribution in [0.2, 0.25) is 0 Å². The molecule has 4 heteroatoms. The normalized spacial score (nSPS) is 43.7. The maximum Gasteiger partial charge on any atom is 0.143 e. The highest BCUT2D eigenvalue weighted by molar-refractivity contribution is 5.96. The Morgan fingerprint density at radius 3 is 2.95 bits per heavy atom. The lowest BCUT2D eigenvalue weighted by molar-refractivity contribution is 0.228. The lowest BCUT2D eigenvalue weighted by Crippen LogP contribution is -2.36. The maximum absolute atomic E-state index is 5.09. The first-order chi connectivity index (χ1) is 9.36. The van der Waals surface area contributed by atoms with Crippen molar-refractivity contribution in [2.24, 2.45) is 39.7 Å². The summed E-state index contributed by atoms with van der Waals surface area (Å²) in [5.74, 6) is 5.59. The smallest absolute Gasteiger partial charge is 0.143 e. The van der Waals surface area contributed by atoms with Gasteiger partial charge in [-0.2, -0.15) is 5.10 Å². The number of hydrogen-bond acceptors (Lipinski definition) is 4. The van der Waals surface area contributed by atoms with Crippen LogP contribution in [-0.4, -0.2) is 31.8 Å². The first-order valence-electron chi connectivity index (χ1n) is 7.71. The van der Waals surface area contributed by atoms with Gasteiger partial charge in [0, 0.05) is 13.0 Å². The Labute approximate surface area is 114 Å². The molecule has 5 unspecified atom stereocenters. The Bertz CT molecular complexity index is 431. The molecule has 0 aromatic carbocycles. The van der Waals surface area contributed by atoms with Gasteiger partial charge in [-0.15, -0.1) is 0 Å². The van der Waals surface area contributed by atoms with Crippen molar-refractivity contribution in [2.75, 3.05) is 20.3 Å².